The molecule has 2 aromatic rings. The SMILES string of the molecule is CC(C)[C@H]1CCC[C@H]1NN(c1ccccc1)c1ccccc1. The van der Waals surface area contributed by atoms with Gasteiger partial charge in [-0.15, -0.1) is 0 Å². The van der Waals surface area contributed by atoms with E-state index >= 15 is 0 Å². The third-order valence-corrected chi connectivity index (χ3v) is 4.75. The molecule has 116 valence electrons. The zero-order chi connectivity index (χ0) is 15.4. The first-order chi connectivity index (χ1) is 10.8. The standard InChI is InChI=1S/C20H26N2/c1-16(2)19-14-9-15-20(19)21-22(17-10-5-3-6-11-17)18-12-7-4-8-13-18/h3-8,10-13,16,19-21H,9,14-15H2,1-2H3/t19-,20-/m1/s1. The number of nitrogens with one attached hydrogen (secondary N) is 1. The van der Waals surface area contributed by atoms with Gasteiger partial charge in [-0.1, -0.05) is 56.7 Å². The fourth-order valence-electron chi connectivity index (χ4n) is 3.57. The van der Waals surface area contributed by atoms with Crippen LogP contribution in [0.1, 0.15) is 33.1 Å². The quantitative estimate of drug-likeness (QED) is 0.767. The molecule has 1 aliphatic rings. The van der Waals surface area contributed by atoms with Gasteiger partial charge in [0.15, 0.2) is 0 Å². The number of hydrogen-bond acceptors (Lipinski definition) is 2. The van der Waals surface area contributed by atoms with E-state index in [9.17, 15) is 0 Å². The smallest absolute Gasteiger partial charge is 0.0577 e. The van der Waals surface area contributed by atoms with Crippen molar-refractivity contribution < 1.29 is 0 Å². The van der Waals surface area contributed by atoms with Gasteiger partial charge in [-0.3, -0.25) is 5.01 Å². The molecule has 2 heteroatoms. The van der Waals surface area contributed by atoms with Gasteiger partial charge in [-0.05, 0) is 48.9 Å². The second-order valence-electron chi connectivity index (χ2n) is 6.58. The topological polar surface area (TPSA) is 15.3 Å². The Morgan fingerprint density at radius 3 is 1.91 bits per heavy atom. The highest BCUT2D eigenvalue weighted by Crippen LogP contribution is 2.33. The summed E-state index contributed by atoms with van der Waals surface area (Å²) >= 11 is 0. The molecule has 0 bridgehead atoms. The number of hydrazine groups is 1. The van der Waals surface area contributed by atoms with Crippen LogP contribution in [-0.4, -0.2) is 6.04 Å². The summed E-state index contributed by atoms with van der Waals surface area (Å²) in [4.78, 5) is 0. The first-order valence-corrected chi connectivity index (χ1v) is 8.42. The Kier molecular flexibility index (Phi) is 4.79. The molecule has 1 aliphatic carbocycles. The van der Waals surface area contributed by atoms with Crippen molar-refractivity contribution in [3.63, 3.8) is 0 Å². The average molecular weight is 294 g/mol. The van der Waals surface area contributed by atoms with Crippen LogP contribution in [0.25, 0.3) is 0 Å². The van der Waals surface area contributed by atoms with Crippen LogP contribution >= 0.6 is 0 Å². The highest BCUT2D eigenvalue weighted by molar-refractivity contribution is 5.61. The van der Waals surface area contributed by atoms with Crippen LogP contribution in [0.3, 0.4) is 0 Å². The average Bonchev–Trinajstić information content (AvgIpc) is 3.03. The van der Waals surface area contributed by atoms with Gasteiger partial charge >= 0.3 is 0 Å². The van der Waals surface area contributed by atoms with E-state index in [4.69, 9.17) is 0 Å². The van der Waals surface area contributed by atoms with E-state index in [1.165, 1.54) is 30.6 Å². The Balaban J connectivity index is 1.86. The van der Waals surface area contributed by atoms with Crippen LogP contribution in [0.4, 0.5) is 11.4 Å². The fourth-order valence-corrected chi connectivity index (χ4v) is 3.57. The first kappa shape index (κ1) is 15.1. The monoisotopic (exact) mass is 294 g/mol. The Bertz CT molecular complexity index is 525. The second kappa shape index (κ2) is 6.97. The van der Waals surface area contributed by atoms with Crippen molar-refractivity contribution in [3.05, 3.63) is 60.7 Å². The highest BCUT2D eigenvalue weighted by Gasteiger charge is 2.31. The molecule has 2 nitrogen and oxygen atoms in total. The van der Waals surface area contributed by atoms with Gasteiger partial charge in [0.1, 0.15) is 0 Å². The number of nitrogens with zero attached hydrogens (tertiary/aromatic N) is 1. The van der Waals surface area contributed by atoms with Crippen molar-refractivity contribution >= 4 is 11.4 Å². The predicted molar refractivity (Wildman–Crippen MR) is 94.1 cm³/mol. The van der Waals surface area contributed by atoms with Crippen molar-refractivity contribution in [3.8, 4) is 0 Å². The molecule has 0 spiro atoms. The van der Waals surface area contributed by atoms with Crippen molar-refractivity contribution in [2.24, 2.45) is 11.8 Å². The second-order valence-corrected chi connectivity index (χ2v) is 6.58. The van der Waals surface area contributed by atoms with Crippen LogP contribution in [0.5, 0.6) is 0 Å². The van der Waals surface area contributed by atoms with Crippen molar-refractivity contribution in [2.45, 2.75) is 39.2 Å². The van der Waals surface area contributed by atoms with E-state index in [0.29, 0.717) is 6.04 Å². The summed E-state index contributed by atoms with van der Waals surface area (Å²) in [7, 11) is 0. The normalized spacial score (nSPS) is 21.2. The molecule has 0 unspecified atom stereocenters. The van der Waals surface area contributed by atoms with Crippen LogP contribution < -0.4 is 10.4 Å². The van der Waals surface area contributed by atoms with E-state index in [0.717, 1.165) is 11.8 Å². The summed E-state index contributed by atoms with van der Waals surface area (Å²) in [5.74, 6) is 1.49. The van der Waals surface area contributed by atoms with E-state index in [1.54, 1.807) is 0 Å². The Hall–Kier alpha value is -1.80. The van der Waals surface area contributed by atoms with E-state index < -0.39 is 0 Å². The van der Waals surface area contributed by atoms with Gasteiger partial charge in [0.2, 0.25) is 0 Å². The van der Waals surface area contributed by atoms with Crippen LogP contribution in [-0.2, 0) is 0 Å². The van der Waals surface area contributed by atoms with Gasteiger partial charge in [0.25, 0.3) is 0 Å². The lowest BCUT2D eigenvalue weighted by molar-refractivity contribution is 0.315. The Morgan fingerprint density at radius 1 is 0.864 bits per heavy atom. The van der Waals surface area contributed by atoms with Gasteiger partial charge in [0.05, 0.1) is 11.4 Å². The molecule has 3 rings (SSSR count). The Labute approximate surface area is 134 Å². The summed E-state index contributed by atoms with van der Waals surface area (Å²) in [6, 6.07) is 21.8. The lowest BCUT2D eigenvalue weighted by atomic mass is 9.91. The van der Waals surface area contributed by atoms with E-state index in [2.05, 4.69) is 84.9 Å². The third-order valence-electron chi connectivity index (χ3n) is 4.75. The minimum atomic E-state index is 0.556. The molecule has 2 aromatic carbocycles. The summed E-state index contributed by atoms with van der Waals surface area (Å²) in [5.41, 5.74) is 6.21. The lowest BCUT2D eigenvalue weighted by Gasteiger charge is -2.33. The van der Waals surface area contributed by atoms with Gasteiger partial charge in [-0.25, -0.2) is 5.43 Å². The maximum Gasteiger partial charge on any atom is 0.0577 e. The summed E-state index contributed by atoms with van der Waals surface area (Å²) < 4.78 is 0. The van der Waals surface area contributed by atoms with Crippen molar-refractivity contribution in [2.75, 3.05) is 5.01 Å². The predicted octanol–water partition coefficient (Wildman–Crippen LogP) is 5.15. The molecule has 0 saturated heterocycles. The van der Waals surface area contributed by atoms with Crippen molar-refractivity contribution in [1.82, 2.24) is 5.43 Å². The zero-order valence-corrected chi connectivity index (χ0v) is 13.6. The number of rotatable bonds is 5. The van der Waals surface area contributed by atoms with Crippen LogP contribution in [0.15, 0.2) is 60.7 Å². The number of benzene rings is 2. The van der Waals surface area contributed by atoms with Crippen LogP contribution in [0.2, 0.25) is 0 Å². The number of anilines is 2. The minimum Gasteiger partial charge on any atom is -0.277 e. The summed E-state index contributed by atoms with van der Waals surface area (Å²) in [6.07, 6.45) is 3.93. The molecular weight excluding hydrogens is 268 g/mol. The molecule has 1 saturated carbocycles. The molecule has 0 heterocycles. The largest absolute Gasteiger partial charge is 0.277 e. The first-order valence-electron chi connectivity index (χ1n) is 8.42. The maximum atomic E-state index is 3.81. The molecule has 0 amide bonds. The molecular formula is C20H26N2. The number of hydrogen-bond donors (Lipinski definition) is 1. The maximum absolute atomic E-state index is 3.81. The van der Waals surface area contributed by atoms with Gasteiger partial charge < -0.3 is 0 Å². The third kappa shape index (κ3) is 3.33. The molecule has 2 atom stereocenters. The van der Waals surface area contributed by atoms with E-state index in [-0.39, 0.29) is 0 Å². The fraction of sp³-hybridized carbons (Fsp3) is 0.400. The molecule has 0 aliphatic heterocycles. The highest BCUT2D eigenvalue weighted by atomic mass is 15.5. The molecule has 1 fully saturated rings. The van der Waals surface area contributed by atoms with Gasteiger partial charge in [-0.2, -0.15) is 0 Å². The van der Waals surface area contributed by atoms with Gasteiger partial charge in [0, 0.05) is 6.04 Å². The summed E-state index contributed by atoms with van der Waals surface area (Å²) in [5, 5.41) is 2.26. The Morgan fingerprint density at radius 2 is 1.41 bits per heavy atom. The minimum absolute atomic E-state index is 0.556. The molecule has 0 radical (unpaired) electrons. The number of para-hydroxylation sites is 2. The zero-order valence-electron chi connectivity index (χ0n) is 13.6. The summed E-state index contributed by atoms with van der Waals surface area (Å²) in [6.45, 7) is 4.69. The molecule has 0 aromatic heterocycles. The molecule has 1 N–H and O–H groups in total. The lowest BCUT2D eigenvalue weighted by Crippen LogP contribution is -2.45. The van der Waals surface area contributed by atoms with Crippen molar-refractivity contribution in [1.29, 1.82) is 0 Å². The van der Waals surface area contributed by atoms with Crippen LogP contribution in [0, 0.1) is 11.8 Å². The molecule has 22 heavy (non-hydrogen) atoms. The van der Waals surface area contributed by atoms with E-state index in [1.807, 2.05) is 0 Å².